The molecule has 1 aliphatic rings. The summed E-state index contributed by atoms with van der Waals surface area (Å²) in [5.41, 5.74) is 1.16. The molecule has 3 rings (SSSR count). The minimum absolute atomic E-state index is 0. The average molecular weight is 409 g/mol. The van der Waals surface area contributed by atoms with Crippen molar-refractivity contribution in [3.05, 3.63) is 42.1 Å². The lowest BCUT2D eigenvalue weighted by molar-refractivity contribution is -0.117. The largest absolute Gasteiger partial charge is 0.490 e. The molecule has 1 aliphatic heterocycles. The quantitative estimate of drug-likeness (QED) is 0.825. The van der Waals surface area contributed by atoms with E-state index >= 15 is 0 Å². The van der Waals surface area contributed by atoms with Gasteiger partial charge < -0.3 is 10.1 Å². The third kappa shape index (κ3) is 5.57. The molecule has 1 saturated heterocycles. The maximum atomic E-state index is 12.1. The highest BCUT2D eigenvalue weighted by Gasteiger charge is 2.22. The van der Waals surface area contributed by atoms with E-state index in [2.05, 4.69) is 28.3 Å². The third-order valence-corrected chi connectivity index (χ3v) is 4.27. The Morgan fingerprint density at radius 1 is 1.28 bits per heavy atom. The van der Waals surface area contributed by atoms with Gasteiger partial charge >= 0.3 is 0 Å². The summed E-state index contributed by atoms with van der Waals surface area (Å²) < 4.78 is 7.77. The molecule has 1 aromatic carbocycles. The van der Waals surface area contributed by atoms with Gasteiger partial charge in [0.15, 0.2) is 5.82 Å². The van der Waals surface area contributed by atoms with E-state index in [9.17, 15) is 4.79 Å². The van der Waals surface area contributed by atoms with Crippen LogP contribution in [0, 0.1) is 6.92 Å². The molecule has 0 atom stereocenters. The van der Waals surface area contributed by atoms with Crippen LogP contribution in [-0.2, 0) is 11.8 Å². The van der Waals surface area contributed by atoms with Crippen LogP contribution in [0.25, 0.3) is 0 Å². The van der Waals surface area contributed by atoms with Crippen molar-refractivity contribution < 1.29 is 9.53 Å². The number of aryl methyl sites for hydroxylation is 2. The molecule has 6 nitrogen and oxygen atoms in total. The van der Waals surface area contributed by atoms with Crippen LogP contribution in [0.2, 0.25) is 0 Å². The zero-order valence-corrected chi connectivity index (χ0v) is 16.4. The van der Waals surface area contributed by atoms with Gasteiger partial charge in [-0.15, -0.1) is 17.0 Å². The van der Waals surface area contributed by atoms with Gasteiger partial charge in [-0.25, -0.2) is 0 Å². The fraction of sp³-hybridized carbons (Fsp3) is 0.444. The number of aromatic nitrogens is 2. The molecule has 0 saturated carbocycles. The van der Waals surface area contributed by atoms with Crippen molar-refractivity contribution in [2.45, 2.75) is 25.9 Å². The molecule has 1 aromatic heterocycles. The average Bonchev–Trinajstić information content (AvgIpc) is 2.96. The van der Waals surface area contributed by atoms with E-state index in [4.69, 9.17) is 4.74 Å². The molecule has 7 heteroatoms. The molecule has 1 fully saturated rings. The van der Waals surface area contributed by atoms with Crippen molar-refractivity contribution >= 4 is 28.7 Å². The number of anilines is 1. The molecule has 136 valence electrons. The first-order valence-electron chi connectivity index (χ1n) is 8.34. The lowest BCUT2D eigenvalue weighted by Crippen LogP contribution is -2.42. The topological polar surface area (TPSA) is 59.4 Å². The molecule has 1 N–H and O–H groups in total. The third-order valence-electron chi connectivity index (χ3n) is 4.27. The van der Waals surface area contributed by atoms with Crippen LogP contribution >= 0.6 is 17.0 Å². The second kappa shape index (κ2) is 9.01. The molecule has 0 bridgehead atoms. The molecule has 2 aromatic rings. The molecular formula is C18H25BrN4O2. The Kier molecular flexibility index (Phi) is 7.01. The summed E-state index contributed by atoms with van der Waals surface area (Å²) in [6, 6.07) is 9.89. The first-order chi connectivity index (χ1) is 11.6. The van der Waals surface area contributed by atoms with Gasteiger partial charge in [0.1, 0.15) is 11.9 Å². The van der Waals surface area contributed by atoms with Crippen molar-refractivity contribution in [2.24, 2.45) is 7.05 Å². The number of piperidine rings is 1. The van der Waals surface area contributed by atoms with Crippen LogP contribution in [0.5, 0.6) is 5.75 Å². The number of nitrogens with one attached hydrogen (secondary N) is 1. The molecule has 0 radical (unpaired) electrons. The number of carbonyl (C=O) groups is 1. The number of amides is 1. The summed E-state index contributed by atoms with van der Waals surface area (Å²) in [6.07, 6.45) is 3.90. The van der Waals surface area contributed by atoms with Gasteiger partial charge in [-0.05, 0) is 31.4 Å². The minimum atomic E-state index is -0.0213. The number of hydrogen-bond donors (Lipinski definition) is 1. The van der Waals surface area contributed by atoms with Crippen molar-refractivity contribution in [1.82, 2.24) is 14.7 Å². The zero-order chi connectivity index (χ0) is 16.9. The number of ether oxygens (including phenoxy) is 1. The fourth-order valence-corrected chi connectivity index (χ4v) is 2.92. The highest BCUT2D eigenvalue weighted by atomic mass is 79.9. The van der Waals surface area contributed by atoms with E-state index < -0.39 is 0 Å². The summed E-state index contributed by atoms with van der Waals surface area (Å²) in [4.78, 5) is 14.2. The van der Waals surface area contributed by atoms with Crippen molar-refractivity contribution in [1.29, 1.82) is 0 Å². The van der Waals surface area contributed by atoms with Crippen molar-refractivity contribution in [3.8, 4) is 5.75 Å². The normalized spacial score (nSPS) is 15.4. The molecule has 0 spiro atoms. The van der Waals surface area contributed by atoms with Crippen LogP contribution < -0.4 is 10.1 Å². The number of halogens is 1. The number of benzene rings is 1. The Bertz CT molecular complexity index is 696. The van der Waals surface area contributed by atoms with Gasteiger partial charge in [0, 0.05) is 32.4 Å². The fourth-order valence-electron chi connectivity index (χ4n) is 2.92. The number of carbonyl (C=O) groups excluding carboxylic acids is 1. The number of rotatable bonds is 5. The molecule has 2 heterocycles. The summed E-state index contributed by atoms with van der Waals surface area (Å²) in [6.45, 7) is 4.19. The van der Waals surface area contributed by atoms with Crippen LogP contribution in [-0.4, -0.2) is 46.3 Å². The van der Waals surface area contributed by atoms with Gasteiger partial charge in [0.25, 0.3) is 0 Å². The highest BCUT2D eigenvalue weighted by molar-refractivity contribution is 8.93. The maximum Gasteiger partial charge on any atom is 0.239 e. The summed E-state index contributed by atoms with van der Waals surface area (Å²) in [5.74, 6) is 1.54. The molecular weight excluding hydrogens is 384 g/mol. The Morgan fingerprint density at radius 3 is 2.64 bits per heavy atom. The second-order valence-electron chi connectivity index (χ2n) is 6.28. The van der Waals surface area contributed by atoms with Crippen molar-refractivity contribution in [2.75, 3.05) is 25.0 Å². The van der Waals surface area contributed by atoms with E-state index in [1.54, 1.807) is 10.7 Å². The van der Waals surface area contributed by atoms with Gasteiger partial charge in [0.05, 0.1) is 6.54 Å². The summed E-state index contributed by atoms with van der Waals surface area (Å²) in [5, 5.41) is 6.98. The first-order valence-corrected chi connectivity index (χ1v) is 8.34. The Labute approximate surface area is 158 Å². The number of nitrogens with zero attached hydrogens (tertiary/aromatic N) is 3. The summed E-state index contributed by atoms with van der Waals surface area (Å²) in [7, 11) is 1.83. The standard InChI is InChI=1S/C18H24N4O2.BrH/c1-14-5-3-4-6-16(14)24-15-7-11-22(12-8-15)13-18(23)19-17-9-10-21(2)20-17;/h3-6,9-10,15H,7-8,11-13H2,1-2H3,(H,19,20,23);1H. The lowest BCUT2D eigenvalue weighted by Gasteiger charge is -2.31. The SMILES string of the molecule is Br.Cc1ccccc1OC1CCN(CC(=O)Nc2ccn(C)n2)CC1. The van der Waals surface area contributed by atoms with Crippen LogP contribution in [0.4, 0.5) is 5.82 Å². The number of likely N-dealkylation sites (tertiary alicyclic amines) is 1. The number of hydrogen-bond acceptors (Lipinski definition) is 4. The van der Waals surface area contributed by atoms with E-state index in [0.717, 1.165) is 37.2 Å². The number of para-hydroxylation sites is 1. The monoisotopic (exact) mass is 408 g/mol. The zero-order valence-electron chi connectivity index (χ0n) is 14.6. The molecule has 0 aliphatic carbocycles. The van der Waals surface area contributed by atoms with Gasteiger partial charge in [-0.3, -0.25) is 14.4 Å². The highest BCUT2D eigenvalue weighted by Crippen LogP contribution is 2.22. The van der Waals surface area contributed by atoms with Crippen molar-refractivity contribution in [3.63, 3.8) is 0 Å². The van der Waals surface area contributed by atoms with Crippen LogP contribution in [0.1, 0.15) is 18.4 Å². The van der Waals surface area contributed by atoms with E-state index in [-0.39, 0.29) is 29.0 Å². The molecule has 0 unspecified atom stereocenters. The summed E-state index contributed by atoms with van der Waals surface area (Å²) >= 11 is 0. The molecule has 25 heavy (non-hydrogen) atoms. The molecule has 1 amide bonds. The Hall–Kier alpha value is -1.86. The predicted molar refractivity (Wildman–Crippen MR) is 103 cm³/mol. The van der Waals surface area contributed by atoms with E-state index in [1.165, 1.54) is 0 Å². The minimum Gasteiger partial charge on any atom is -0.490 e. The Morgan fingerprint density at radius 2 is 2.00 bits per heavy atom. The first kappa shape index (κ1) is 19.5. The second-order valence-corrected chi connectivity index (χ2v) is 6.28. The Balaban J connectivity index is 0.00000225. The maximum absolute atomic E-state index is 12.1. The van der Waals surface area contributed by atoms with E-state index in [1.807, 2.05) is 31.4 Å². The lowest BCUT2D eigenvalue weighted by atomic mass is 10.1. The van der Waals surface area contributed by atoms with E-state index in [0.29, 0.717) is 12.4 Å². The smallest absolute Gasteiger partial charge is 0.239 e. The van der Waals surface area contributed by atoms with Crippen LogP contribution in [0.15, 0.2) is 36.5 Å². The van der Waals surface area contributed by atoms with Gasteiger partial charge in [-0.2, -0.15) is 5.10 Å². The van der Waals surface area contributed by atoms with Gasteiger partial charge in [-0.1, -0.05) is 18.2 Å². The van der Waals surface area contributed by atoms with Crippen LogP contribution in [0.3, 0.4) is 0 Å². The predicted octanol–water partition coefficient (Wildman–Crippen LogP) is 2.79. The van der Waals surface area contributed by atoms with Gasteiger partial charge in [0.2, 0.25) is 5.91 Å².